The number of benzene rings is 2. The van der Waals surface area contributed by atoms with E-state index in [1.165, 1.54) is 35.7 Å². The molecule has 33 heavy (non-hydrogen) atoms. The highest BCUT2D eigenvalue weighted by molar-refractivity contribution is 5.95. The minimum atomic E-state index is -4.58. The molecule has 9 heteroatoms. The summed E-state index contributed by atoms with van der Waals surface area (Å²) in [5.74, 6) is -0.923. The Morgan fingerprint density at radius 1 is 1.00 bits per heavy atom. The average Bonchev–Trinajstić information content (AvgIpc) is 2.79. The maximum Gasteiger partial charge on any atom is 0.418 e. The van der Waals surface area contributed by atoms with Gasteiger partial charge in [-0.05, 0) is 24.6 Å². The molecule has 0 spiro atoms. The average molecular weight is 463 g/mol. The van der Waals surface area contributed by atoms with E-state index in [9.17, 15) is 22.8 Å². The van der Waals surface area contributed by atoms with Crippen LogP contribution >= 0.6 is 0 Å². The van der Waals surface area contributed by atoms with Gasteiger partial charge in [0.2, 0.25) is 11.8 Å². The topological polar surface area (TPSA) is 55.9 Å². The van der Waals surface area contributed by atoms with Crippen molar-refractivity contribution in [3.8, 4) is 0 Å². The summed E-state index contributed by atoms with van der Waals surface area (Å²) in [7, 11) is 1.49. The van der Waals surface area contributed by atoms with E-state index in [-0.39, 0.29) is 18.1 Å². The maximum absolute atomic E-state index is 13.1. The van der Waals surface area contributed by atoms with Crippen molar-refractivity contribution in [3.05, 3.63) is 65.7 Å². The van der Waals surface area contributed by atoms with Crippen LogP contribution in [0.2, 0.25) is 0 Å². The first-order valence-electron chi connectivity index (χ1n) is 10.9. The summed E-state index contributed by atoms with van der Waals surface area (Å²) >= 11 is 0. The second-order valence-corrected chi connectivity index (χ2v) is 8.26. The van der Waals surface area contributed by atoms with E-state index in [4.69, 9.17) is 0 Å². The number of alkyl halides is 3. The first-order chi connectivity index (χ1) is 15.6. The molecule has 2 aromatic rings. The van der Waals surface area contributed by atoms with Crippen molar-refractivity contribution in [2.75, 3.05) is 45.1 Å². The van der Waals surface area contributed by atoms with Crippen LogP contribution in [0.5, 0.6) is 0 Å². The molecule has 2 amide bonds. The number of amides is 2. The number of anilines is 1. The summed E-state index contributed by atoms with van der Waals surface area (Å²) in [5, 5.41) is 2.28. The number of carbonyl (C=O) groups is 2. The molecule has 178 valence electrons. The number of piperazine rings is 1. The first-order valence-corrected chi connectivity index (χ1v) is 10.9. The fourth-order valence-electron chi connectivity index (χ4n) is 3.95. The van der Waals surface area contributed by atoms with Crippen LogP contribution < -0.4 is 5.32 Å². The zero-order valence-electron chi connectivity index (χ0n) is 18.8. The largest absolute Gasteiger partial charge is 0.418 e. The molecule has 1 unspecified atom stereocenters. The highest BCUT2D eigenvalue weighted by Gasteiger charge is 2.34. The molecular weight excluding hydrogens is 433 g/mol. The summed E-state index contributed by atoms with van der Waals surface area (Å²) < 4.78 is 39.4. The van der Waals surface area contributed by atoms with Crippen molar-refractivity contribution in [2.45, 2.75) is 25.7 Å². The van der Waals surface area contributed by atoms with Gasteiger partial charge >= 0.3 is 6.18 Å². The molecule has 0 aromatic heterocycles. The van der Waals surface area contributed by atoms with E-state index < -0.39 is 23.7 Å². The minimum absolute atomic E-state index is 0.245. The summed E-state index contributed by atoms with van der Waals surface area (Å²) in [5.41, 5.74) is 0.000392. The second-order valence-electron chi connectivity index (χ2n) is 8.26. The van der Waals surface area contributed by atoms with Crippen LogP contribution in [0.25, 0.3) is 0 Å². The Balaban J connectivity index is 1.49. The number of halogens is 3. The van der Waals surface area contributed by atoms with Crippen molar-refractivity contribution in [2.24, 2.45) is 0 Å². The highest BCUT2D eigenvalue weighted by Crippen LogP contribution is 2.34. The predicted octanol–water partition coefficient (Wildman–Crippen LogP) is 3.31. The predicted molar refractivity (Wildman–Crippen MR) is 120 cm³/mol. The Hall–Kier alpha value is -2.91. The van der Waals surface area contributed by atoms with Gasteiger partial charge in [-0.1, -0.05) is 42.5 Å². The molecule has 1 fully saturated rings. The lowest BCUT2D eigenvalue weighted by Gasteiger charge is -2.38. The molecule has 1 saturated heterocycles. The number of carbonyl (C=O) groups excluding carboxylic acids is 2. The monoisotopic (exact) mass is 462 g/mol. The van der Waals surface area contributed by atoms with Crippen LogP contribution in [0.3, 0.4) is 0 Å². The Bertz CT molecular complexity index is 944. The van der Waals surface area contributed by atoms with Gasteiger partial charge in [0.05, 0.1) is 23.8 Å². The van der Waals surface area contributed by atoms with Crippen LogP contribution in [-0.4, -0.2) is 72.3 Å². The Morgan fingerprint density at radius 2 is 1.61 bits per heavy atom. The summed E-state index contributed by atoms with van der Waals surface area (Å²) in [6, 6.07) is 14.5. The summed E-state index contributed by atoms with van der Waals surface area (Å²) in [4.78, 5) is 30.8. The molecule has 0 radical (unpaired) electrons. The lowest BCUT2D eigenvalue weighted by atomic mass is 10.1. The molecule has 1 heterocycles. The van der Waals surface area contributed by atoms with Crippen LogP contribution in [-0.2, 0) is 22.3 Å². The quantitative estimate of drug-likeness (QED) is 0.686. The molecule has 1 N–H and O–H groups in total. The van der Waals surface area contributed by atoms with Crippen molar-refractivity contribution < 1.29 is 22.8 Å². The van der Waals surface area contributed by atoms with Crippen molar-refractivity contribution in [1.82, 2.24) is 14.7 Å². The number of rotatable bonds is 7. The normalized spacial score (nSPS) is 16.3. The third-order valence-corrected chi connectivity index (χ3v) is 5.82. The van der Waals surface area contributed by atoms with Gasteiger partial charge in [0, 0.05) is 39.8 Å². The molecular formula is C24H29F3N4O2. The molecule has 6 nitrogen and oxygen atoms in total. The lowest BCUT2D eigenvalue weighted by Crippen LogP contribution is -2.54. The van der Waals surface area contributed by atoms with Crippen molar-refractivity contribution in [1.29, 1.82) is 0 Å². The third kappa shape index (κ3) is 6.79. The molecule has 2 aromatic carbocycles. The standard InChI is InChI=1S/C24H29F3N4O2/c1-18(31-14-12-30(13-15-31)16-19-8-4-3-5-9-19)23(33)29(2)17-22(32)28-21-11-7-6-10-20(21)24(25,26)27/h3-11,18H,12-17H2,1-2H3,(H,28,32). The number of nitrogens with one attached hydrogen (secondary N) is 1. The van der Waals surface area contributed by atoms with Gasteiger partial charge in [0.1, 0.15) is 0 Å². The summed E-state index contributed by atoms with van der Waals surface area (Å²) in [6.45, 7) is 5.41. The number of para-hydroxylation sites is 1. The van der Waals surface area contributed by atoms with E-state index in [1.807, 2.05) is 18.2 Å². The van der Waals surface area contributed by atoms with Crippen molar-refractivity contribution in [3.63, 3.8) is 0 Å². The smallest absolute Gasteiger partial charge is 0.335 e. The molecule has 0 bridgehead atoms. The zero-order chi connectivity index (χ0) is 24.0. The van der Waals surface area contributed by atoms with E-state index >= 15 is 0 Å². The van der Waals surface area contributed by atoms with Gasteiger partial charge in [-0.15, -0.1) is 0 Å². The second kappa shape index (κ2) is 10.8. The van der Waals surface area contributed by atoms with Gasteiger partial charge in [0.15, 0.2) is 0 Å². The number of nitrogens with zero attached hydrogens (tertiary/aromatic N) is 3. The lowest BCUT2D eigenvalue weighted by molar-refractivity contribution is -0.139. The van der Waals surface area contributed by atoms with Gasteiger partial charge in [-0.25, -0.2) is 0 Å². The Kier molecular flexibility index (Phi) is 8.10. The van der Waals surface area contributed by atoms with Gasteiger partial charge < -0.3 is 10.2 Å². The molecule has 1 aliphatic heterocycles. The molecule has 3 rings (SSSR count). The van der Waals surface area contributed by atoms with Crippen LogP contribution in [0.4, 0.5) is 18.9 Å². The Labute approximate surface area is 192 Å². The fraction of sp³-hybridized carbons (Fsp3) is 0.417. The molecule has 1 aliphatic rings. The van der Waals surface area contributed by atoms with Gasteiger partial charge in [0.25, 0.3) is 0 Å². The third-order valence-electron chi connectivity index (χ3n) is 5.82. The van der Waals surface area contributed by atoms with Gasteiger partial charge in [-0.2, -0.15) is 13.2 Å². The van der Waals surface area contributed by atoms with Crippen molar-refractivity contribution >= 4 is 17.5 Å². The van der Waals surface area contributed by atoms with Crippen LogP contribution in [0, 0.1) is 0 Å². The van der Waals surface area contributed by atoms with E-state index in [2.05, 4.69) is 27.2 Å². The summed E-state index contributed by atoms with van der Waals surface area (Å²) in [6.07, 6.45) is -4.58. The van der Waals surface area contributed by atoms with E-state index in [0.29, 0.717) is 0 Å². The molecule has 0 aliphatic carbocycles. The highest BCUT2D eigenvalue weighted by atomic mass is 19.4. The van der Waals surface area contributed by atoms with E-state index in [0.717, 1.165) is 38.8 Å². The number of likely N-dealkylation sites (N-methyl/N-ethyl adjacent to an activating group) is 1. The minimum Gasteiger partial charge on any atom is -0.335 e. The molecule has 0 saturated carbocycles. The fourth-order valence-corrected chi connectivity index (χ4v) is 3.95. The van der Waals surface area contributed by atoms with E-state index in [1.54, 1.807) is 6.92 Å². The SMILES string of the molecule is CC(C(=O)N(C)CC(=O)Nc1ccccc1C(F)(F)F)N1CCN(Cc2ccccc2)CC1. The molecule has 1 atom stereocenters. The number of hydrogen-bond donors (Lipinski definition) is 1. The Morgan fingerprint density at radius 3 is 2.24 bits per heavy atom. The zero-order valence-corrected chi connectivity index (χ0v) is 18.8. The maximum atomic E-state index is 13.1. The van der Waals surface area contributed by atoms with Gasteiger partial charge in [-0.3, -0.25) is 19.4 Å². The number of hydrogen-bond acceptors (Lipinski definition) is 4. The van der Waals surface area contributed by atoms with Crippen LogP contribution in [0.1, 0.15) is 18.1 Å². The first kappa shape index (κ1) is 24.7. The van der Waals surface area contributed by atoms with Crippen LogP contribution in [0.15, 0.2) is 54.6 Å².